The Morgan fingerprint density at radius 1 is 1.47 bits per heavy atom. The average Bonchev–Trinajstić information content (AvgIpc) is 2.57. The van der Waals surface area contributed by atoms with Crippen molar-refractivity contribution in [1.29, 1.82) is 5.26 Å². The van der Waals surface area contributed by atoms with Crippen LogP contribution in [0.5, 0.6) is 0 Å². The van der Waals surface area contributed by atoms with Crippen LogP contribution in [0.2, 0.25) is 0 Å². The van der Waals surface area contributed by atoms with Crippen LogP contribution in [0.3, 0.4) is 0 Å². The van der Waals surface area contributed by atoms with E-state index in [1.54, 1.807) is 6.07 Å². The Labute approximate surface area is 111 Å². The Balaban J connectivity index is 2.65. The van der Waals surface area contributed by atoms with E-state index in [1.165, 1.54) is 23.5 Å². The van der Waals surface area contributed by atoms with E-state index in [0.717, 1.165) is 16.0 Å². The van der Waals surface area contributed by atoms with Crippen LogP contribution in [0.25, 0.3) is 10.4 Å². The fraction of sp³-hybridized carbons (Fsp3) is 0.0833. The molecular formula is C12H8BrFN2S. The summed E-state index contributed by atoms with van der Waals surface area (Å²) < 4.78 is 13.7. The van der Waals surface area contributed by atoms with Crippen LogP contribution in [0.15, 0.2) is 22.7 Å². The Kier molecular flexibility index (Phi) is 3.18. The van der Waals surface area contributed by atoms with Crippen molar-refractivity contribution in [3.05, 3.63) is 38.9 Å². The van der Waals surface area contributed by atoms with Crippen molar-refractivity contribution < 1.29 is 4.39 Å². The summed E-state index contributed by atoms with van der Waals surface area (Å²) in [6.07, 6.45) is 0. The van der Waals surface area contributed by atoms with Gasteiger partial charge in [-0.1, -0.05) is 15.9 Å². The highest BCUT2D eigenvalue weighted by molar-refractivity contribution is 9.10. The number of rotatable bonds is 1. The molecule has 0 bridgehead atoms. The second-order valence-corrected chi connectivity index (χ2v) is 5.41. The van der Waals surface area contributed by atoms with Gasteiger partial charge in [0.05, 0.1) is 5.69 Å². The molecule has 0 aliphatic rings. The van der Waals surface area contributed by atoms with Crippen LogP contribution >= 0.6 is 27.3 Å². The first-order valence-electron chi connectivity index (χ1n) is 4.79. The molecule has 2 N–H and O–H groups in total. The number of hydrogen-bond donors (Lipinski definition) is 1. The summed E-state index contributed by atoms with van der Waals surface area (Å²) in [7, 11) is 0. The van der Waals surface area contributed by atoms with Crippen molar-refractivity contribution in [3.63, 3.8) is 0 Å². The Morgan fingerprint density at radius 3 is 2.71 bits per heavy atom. The van der Waals surface area contributed by atoms with Crippen molar-refractivity contribution in [2.75, 3.05) is 5.73 Å². The van der Waals surface area contributed by atoms with E-state index in [9.17, 15) is 4.39 Å². The zero-order valence-electron chi connectivity index (χ0n) is 8.92. The summed E-state index contributed by atoms with van der Waals surface area (Å²) in [4.78, 5) is 1.39. The third-order valence-electron chi connectivity index (χ3n) is 2.47. The predicted molar refractivity (Wildman–Crippen MR) is 71.3 cm³/mol. The van der Waals surface area contributed by atoms with E-state index in [4.69, 9.17) is 11.0 Å². The quantitative estimate of drug-likeness (QED) is 0.862. The van der Waals surface area contributed by atoms with Crippen molar-refractivity contribution in [2.45, 2.75) is 6.92 Å². The van der Waals surface area contributed by atoms with Crippen LogP contribution in [0.4, 0.5) is 10.1 Å². The Bertz CT molecular complexity index is 628. The summed E-state index contributed by atoms with van der Waals surface area (Å²) in [6, 6.07) is 6.53. The van der Waals surface area contributed by atoms with Crippen LogP contribution in [0, 0.1) is 24.1 Å². The third-order valence-corrected chi connectivity index (χ3v) is 4.37. The molecule has 17 heavy (non-hydrogen) atoms. The maximum Gasteiger partial charge on any atom is 0.128 e. The van der Waals surface area contributed by atoms with Crippen LogP contribution in [0.1, 0.15) is 10.4 Å². The lowest BCUT2D eigenvalue weighted by Gasteiger charge is -2.03. The fourth-order valence-electron chi connectivity index (χ4n) is 1.54. The minimum Gasteiger partial charge on any atom is -0.397 e. The lowest BCUT2D eigenvalue weighted by molar-refractivity contribution is 0.627. The molecule has 0 aliphatic heterocycles. The second kappa shape index (κ2) is 4.47. The maximum absolute atomic E-state index is 13.0. The number of nitriles is 1. The normalized spacial score (nSPS) is 10.2. The van der Waals surface area contributed by atoms with Gasteiger partial charge in [-0.3, -0.25) is 0 Å². The SMILES string of the molecule is Cc1c(-c2ccc(F)cc2Br)sc(C#N)c1N. The molecule has 0 aliphatic carbocycles. The van der Waals surface area contributed by atoms with E-state index in [-0.39, 0.29) is 5.82 Å². The van der Waals surface area contributed by atoms with Gasteiger partial charge in [-0.2, -0.15) is 5.26 Å². The third kappa shape index (κ3) is 2.06. The molecule has 0 radical (unpaired) electrons. The van der Waals surface area contributed by atoms with Gasteiger partial charge in [0.15, 0.2) is 0 Å². The van der Waals surface area contributed by atoms with E-state index in [1.807, 2.05) is 6.92 Å². The van der Waals surface area contributed by atoms with Gasteiger partial charge in [0, 0.05) is 14.9 Å². The number of nitrogen functional groups attached to an aromatic ring is 1. The van der Waals surface area contributed by atoms with Crippen molar-refractivity contribution in [3.8, 4) is 16.5 Å². The monoisotopic (exact) mass is 310 g/mol. The van der Waals surface area contributed by atoms with Gasteiger partial charge in [-0.15, -0.1) is 11.3 Å². The molecule has 0 amide bonds. The first-order chi connectivity index (χ1) is 8.04. The number of thiophene rings is 1. The summed E-state index contributed by atoms with van der Waals surface area (Å²) in [5.41, 5.74) is 8.04. The lowest BCUT2D eigenvalue weighted by Crippen LogP contribution is -1.88. The van der Waals surface area contributed by atoms with E-state index in [2.05, 4.69) is 22.0 Å². The molecular weight excluding hydrogens is 303 g/mol. The van der Waals surface area contributed by atoms with E-state index < -0.39 is 0 Å². The highest BCUT2D eigenvalue weighted by Crippen LogP contribution is 2.40. The van der Waals surface area contributed by atoms with Gasteiger partial charge in [-0.25, -0.2) is 4.39 Å². The smallest absolute Gasteiger partial charge is 0.128 e. The average molecular weight is 311 g/mol. The zero-order valence-corrected chi connectivity index (χ0v) is 11.3. The zero-order chi connectivity index (χ0) is 12.6. The molecule has 0 saturated heterocycles. The van der Waals surface area contributed by atoms with Gasteiger partial charge in [-0.05, 0) is 30.7 Å². The van der Waals surface area contributed by atoms with Gasteiger partial charge in [0.25, 0.3) is 0 Å². The Morgan fingerprint density at radius 2 is 2.18 bits per heavy atom. The topological polar surface area (TPSA) is 49.8 Å². The molecule has 0 atom stereocenters. The molecule has 2 rings (SSSR count). The fourth-order valence-corrected chi connectivity index (χ4v) is 3.28. The molecule has 2 aromatic rings. The summed E-state index contributed by atoms with van der Waals surface area (Å²) in [6.45, 7) is 1.86. The first-order valence-corrected chi connectivity index (χ1v) is 6.40. The standard InChI is InChI=1S/C12H8BrFN2S/c1-6-11(16)10(5-15)17-12(6)8-3-2-7(14)4-9(8)13/h2-4H,16H2,1H3. The molecule has 0 unspecified atom stereocenters. The van der Waals surface area contributed by atoms with Gasteiger partial charge in [0.1, 0.15) is 16.8 Å². The van der Waals surface area contributed by atoms with Gasteiger partial charge >= 0.3 is 0 Å². The molecule has 0 spiro atoms. The van der Waals surface area contributed by atoms with Crippen LogP contribution in [-0.2, 0) is 0 Å². The molecule has 1 aromatic heterocycles. The molecule has 0 saturated carbocycles. The van der Waals surface area contributed by atoms with E-state index >= 15 is 0 Å². The number of benzene rings is 1. The summed E-state index contributed by atoms with van der Waals surface area (Å²) in [5, 5.41) is 8.93. The number of nitrogens with zero attached hydrogens (tertiary/aromatic N) is 1. The largest absolute Gasteiger partial charge is 0.397 e. The minimum absolute atomic E-state index is 0.302. The first kappa shape index (κ1) is 12.1. The molecule has 1 heterocycles. The molecule has 2 nitrogen and oxygen atoms in total. The van der Waals surface area contributed by atoms with Crippen molar-refractivity contribution >= 4 is 33.0 Å². The van der Waals surface area contributed by atoms with Crippen molar-refractivity contribution in [2.24, 2.45) is 0 Å². The number of hydrogen-bond acceptors (Lipinski definition) is 3. The number of halogens is 2. The lowest BCUT2D eigenvalue weighted by atomic mass is 10.1. The highest BCUT2D eigenvalue weighted by Gasteiger charge is 2.15. The Hall–Kier alpha value is -1.38. The summed E-state index contributed by atoms with van der Waals surface area (Å²) >= 11 is 4.64. The van der Waals surface area contributed by atoms with Gasteiger partial charge in [0.2, 0.25) is 0 Å². The number of anilines is 1. The van der Waals surface area contributed by atoms with Crippen LogP contribution in [-0.4, -0.2) is 0 Å². The van der Waals surface area contributed by atoms with Crippen molar-refractivity contribution in [1.82, 2.24) is 0 Å². The molecule has 86 valence electrons. The molecule has 1 aromatic carbocycles. The second-order valence-electron chi connectivity index (χ2n) is 3.53. The predicted octanol–water partition coefficient (Wildman–Crippen LogP) is 4.08. The van der Waals surface area contributed by atoms with Gasteiger partial charge < -0.3 is 5.73 Å². The van der Waals surface area contributed by atoms with Crippen LogP contribution < -0.4 is 5.73 Å². The molecule has 5 heteroatoms. The highest BCUT2D eigenvalue weighted by atomic mass is 79.9. The summed E-state index contributed by atoms with van der Waals surface area (Å²) in [5.74, 6) is -0.302. The minimum atomic E-state index is -0.302. The molecule has 0 fully saturated rings. The number of nitrogens with two attached hydrogens (primary N) is 1. The van der Waals surface area contributed by atoms with E-state index in [0.29, 0.717) is 15.0 Å². The maximum atomic E-state index is 13.0.